The van der Waals surface area contributed by atoms with E-state index in [0.29, 0.717) is 0 Å². The number of rotatable bonds is 4. The van der Waals surface area contributed by atoms with Gasteiger partial charge < -0.3 is 5.73 Å². The minimum Gasteiger partial charge on any atom is -0.368 e. The molecular weight excluding hydrogens is 325 g/mol. The van der Waals surface area contributed by atoms with Crippen molar-refractivity contribution in [2.75, 3.05) is 0 Å². The Hall–Kier alpha value is -0.600. The van der Waals surface area contributed by atoms with Gasteiger partial charge in [-0.2, -0.15) is 4.72 Å². The SMILES string of the molecule is C[C@H](NS(=O)(=O)c1c(Cl)cc(Cl)nc1Cl)C(N)=O. The standard InChI is InChI=1S/C8H8Cl3N3O3S/c1-3(8(12)15)14-18(16,17)6-4(9)2-5(10)13-7(6)11/h2-3,14H,1H3,(H2,12,15)/t3-/m0/s1. The number of nitrogens with one attached hydrogen (secondary N) is 1. The molecule has 0 unspecified atom stereocenters. The molecule has 18 heavy (non-hydrogen) atoms. The average molecular weight is 333 g/mol. The molecule has 1 rings (SSSR count). The summed E-state index contributed by atoms with van der Waals surface area (Å²) in [5.74, 6) is -0.840. The van der Waals surface area contributed by atoms with Crippen LogP contribution in [0.5, 0.6) is 0 Å². The molecule has 0 aliphatic carbocycles. The summed E-state index contributed by atoms with van der Waals surface area (Å²) in [6.07, 6.45) is 0. The van der Waals surface area contributed by atoms with Crippen molar-refractivity contribution in [3.05, 3.63) is 21.4 Å². The third kappa shape index (κ3) is 3.46. The first-order chi connectivity index (χ1) is 8.15. The van der Waals surface area contributed by atoms with E-state index in [1.165, 1.54) is 6.92 Å². The van der Waals surface area contributed by atoms with Crippen molar-refractivity contribution in [2.24, 2.45) is 5.73 Å². The molecule has 3 N–H and O–H groups in total. The molecule has 0 aliphatic rings. The fourth-order valence-electron chi connectivity index (χ4n) is 1.03. The van der Waals surface area contributed by atoms with E-state index in [1.54, 1.807) is 0 Å². The van der Waals surface area contributed by atoms with Crippen LogP contribution < -0.4 is 10.5 Å². The highest BCUT2D eigenvalue weighted by atomic mass is 35.5. The van der Waals surface area contributed by atoms with Crippen molar-refractivity contribution >= 4 is 50.7 Å². The van der Waals surface area contributed by atoms with Gasteiger partial charge in [-0.05, 0) is 13.0 Å². The number of hydrogen-bond acceptors (Lipinski definition) is 4. The fourth-order valence-corrected chi connectivity index (χ4v) is 3.65. The second-order valence-electron chi connectivity index (χ2n) is 3.29. The Morgan fingerprint density at radius 1 is 1.44 bits per heavy atom. The van der Waals surface area contributed by atoms with Gasteiger partial charge in [0.2, 0.25) is 15.9 Å². The van der Waals surface area contributed by atoms with Gasteiger partial charge in [-0.3, -0.25) is 4.79 Å². The highest BCUT2D eigenvalue weighted by Gasteiger charge is 2.26. The summed E-state index contributed by atoms with van der Waals surface area (Å²) in [6, 6.07) is 0.0104. The van der Waals surface area contributed by atoms with Crippen molar-refractivity contribution in [1.82, 2.24) is 9.71 Å². The van der Waals surface area contributed by atoms with Gasteiger partial charge in [0.1, 0.15) is 10.0 Å². The maximum atomic E-state index is 11.9. The first-order valence-corrected chi connectivity index (χ1v) is 7.10. The first-order valence-electron chi connectivity index (χ1n) is 4.48. The number of aromatic nitrogens is 1. The van der Waals surface area contributed by atoms with Crippen LogP contribution in [-0.2, 0) is 14.8 Å². The molecule has 0 saturated heterocycles. The molecule has 0 aliphatic heterocycles. The van der Waals surface area contributed by atoms with Crippen LogP contribution in [-0.4, -0.2) is 25.4 Å². The monoisotopic (exact) mass is 331 g/mol. The molecule has 100 valence electrons. The summed E-state index contributed by atoms with van der Waals surface area (Å²) >= 11 is 17.0. The van der Waals surface area contributed by atoms with Crippen LogP contribution in [0.2, 0.25) is 15.3 Å². The third-order valence-electron chi connectivity index (χ3n) is 1.88. The highest BCUT2D eigenvalue weighted by Crippen LogP contribution is 2.30. The Balaban J connectivity index is 3.25. The van der Waals surface area contributed by atoms with E-state index in [-0.39, 0.29) is 10.2 Å². The lowest BCUT2D eigenvalue weighted by atomic mass is 10.4. The molecule has 1 aromatic heterocycles. The molecule has 1 atom stereocenters. The van der Waals surface area contributed by atoms with Crippen LogP contribution in [0.3, 0.4) is 0 Å². The maximum absolute atomic E-state index is 11.9. The zero-order valence-electron chi connectivity index (χ0n) is 8.95. The number of hydrogen-bond donors (Lipinski definition) is 2. The summed E-state index contributed by atoms with van der Waals surface area (Å²) in [6.45, 7) is 1.28. The number of amides is 1. The Bertz CT molecular complexity index is 567. The predicted octanol–water partition coefficient (Wildman–Crippen LogP) is 1.19. The van der Waals surface area contributed by atoms with Gasteiger partial charge in [-0.15, -0.1) is 0 Å². The molecule has 0 fully saturated rings. The van der Waals surface area contributed by atoms with Crippen LogP contribution >= 0.6 is 34.8 Å². The minimum absolute atomic E-state index is 0.0492. The molecule has 6 nitrogen and oxygen atoms in total. The predicted molar refractivity (Wildman–Crippen MR) is 68.2 cm³/mol. The van der Waals surface area contributed by atoms with Crippen LogP contribution in [0.1, 0.15) is 6.92 Å². The van der Waals surface area contributed by atoms with E-state index < -0.39 is 32.0 Å². The number of carbonyl (C=O) groups is 1. The minimum atomic E-state index is -4.12. The van der Waals surface area contributed by atoms with E-state index in [1.807, 2.05) is 4.72 Å². The quantitative estimate of drug-likeness (QED) is 0.808. The molecule has 1 aromatic rings. The fraction of sp³-hybridized carbons (Fsp3) is 0.250. The summed E-state index contributed by atoms with van der Waals surface area (Å²) in [4.78, 5) is 13.9. The molecule has 0 aromatic carbocycles. The van der Waals surface area contributed by atoms with Gasteiger partial charge in [-0.1, -0.05) is 34.8 Å². The molecular formula is C8H8Cl3N3O3S. The number of sulfonamides is 1. The molecule has 0 spiro atoms. The maximum Gasteiger partial charge on any atom is 0.245 e. The summed E-state index contributed by atoms with van der Waals surface area (Å²) in [7, 11) is -4.12. The Morgan fingerprint density at radius 2 is 2.00 bits per heavy atom. The first kappa shape index (κ1) is 15.5. The topological polar surface area (TPSA) is 102 Å². The third-order valence-corrected chi connectivity index (χ3v) is 4.49. The van der Waals surface area contributed by atoms with Crippen LogP contribution in [0.15, 0.2) is 11.0 Å². The molecule has 0 saturated carbocycles. The van der Waals surface area contributed by atoms with E-state index >= 15 is 0 Å². The van der Waals surface area contributed by atoms with Gasteiger partial charge >= 0.3 is 0 Å². The highest BCUT2D eigenvalue weighted by molar-refractivity contribution is 7.89. The van der Waals surface area contributed by atoms with Crippen LogP contribution in [0.4, 0.5) is 0 Å². The van der Waals surface area contributed by atoms with Crippen molar-refractivity contribution in [3.63, 3.8) is 0 Å². The van der Waals surface area contributed by atoms with Gasteiger partial charge in [0, 0.05) is 0 Å². The van der Waals surface area contributed by atoms with Gasteiger partial charge in [-0.25, -0.2) is 13.4 Å². The molecule has 0 bridgehead atoms. The van der Waals surface area contributed by atoms with E-state index in [4.69, 9.17) is 40.5 Å². The number of nitrogens with zero attached hydrogens (tertiary/aromatic N) is 1. The number of pyridine rings is 1. The second kappa shape index (κ2) is 5.58. The summed E-state index contributed by atoms with van der Waals surface area (Å²) in [5.41, 5.74) is 4.95. The van der Waals surface area contributed by atoms with Gasteiger partial charge in [0.05, 0.1) is 11.1 Å². The molecule has 1 heterocycles. The largest absolute Gasteiger partial charge is 0.368 e. The lowest BCUT2D eigenvalue weighted by molar-refractivity contribution is -0.119. The molecule has 10 heteroatoms. The number of halogens is 3. The van der Waals surface area contributed by atoms with Crippen molar-refractivity contribution in [1.29, 1.82) is 0 Å². The summed E-state index contributed by atoms with van der Waals surface area (Å²) < 4.78 is 25.9. The Labute approximate surface area is 118 Å². The number of primary amides is 1. The molecule has 1 amide bonds. The smallest absolute Gasteiger partial charge is 0.245 e. The van der Waals surface area contributed by atoms with Crippen molar-refractivity contribution in [2.45, 2.75) is 17.9 Å². The van der Waals surface area contributed by atoms with E-state index in [0.717, 1.165) is 6.07 Å². The lowest BCUT2D eigenvalue weighted by Crippen LogP contribution is -2.42. The second-order valence-corrected chi connectivity index (χ2v) is 6.10. The van der Waals surface area contributed by atoms with Gasteiger partial charge in [0.25, 0.3) is 0 Å². The summed E-state index contributed by atoms with van der Waals surface area (Å²) in [5, 5.41) is -0.646. The number of carbonyl (C=O) groups excluding carboxylic acids is 1. The van der Waals surface area contributed by atoms with Crippen molar-refractivity contribution < 1.29 is 13.2 Å². The molecule has 0 radical (unpaired) electrons. The average Bonchev–Trinajstić information content (AvgIpc) is 2.13. The number of nitrogens with two attached hydrogens (primary N) is 1. The van der Waals surface area contributed by atoms with Gasteiger partial charge in [0.15, 0.2) is 5.15 Å². The zero-order valence-corrected chi connectivity index (χ0v) is 12.0. The Morgan fingerprint density at radius 3 is 2.44 bits per heavy atom. The van der Waals surface area contributed by atoms with Crippen molar-refractivity contribution in [3.8, 4) is 0 Å². The van der Waals surface area contributed by atoms with E-state index in [2.05, 4.69) is 4.98 Å². The normalized spacial score (nSPS) is 13.3. The van der Waals surface area contributed by atoms with Crippen LogP contribution in [0.25, 0.3) is 0 Å². The van der Waals surface area contributed by atoms with E-state index in [9.17, 15) is 13.2 Å². The van der Waals surface area contributed by atoms with Crippen LogP contribution in [0, 0.1) is 0 Å². The lowest BCUT2D eigenvalue weighted by Gasteiger charge is -2.12. The zero-order chi connectivity index (χ0) is 14.1. The Kier molecular flexibility index (Phi) is 4.79.